The zero-order valence-electron chi connectivity index (χ0n) is 15.9. The lowest BCUT2D eigenvalue weighted by Gasteiger charge is -2.21. The number of nitrogens with one attached hydrogen (secondary N) is 1. The Kier molecular flexibility index (Phi) is 4.86. The number of nitrogens with zero attached hydrogens (tertiary/aromatic N) is 5. The minimum atomic E-state index is -0.884. The van der Waals surface area contributed by atoms with Gasteiger partial charge in [-0.25, -0.2) is 4.79 Å². The third kappa shape index (κ3) is 3.62. The van der Waals surface area contributed by atoms with Crippen molar-refractivity contribution in [2.75, 3.05) is 18.4 Å². The predicted octanol–water partition coefficient (Wildman–Crippen LogP) is 2.42. The number of anilines is 1. The normalized spacial score (nSPS) is 19.5. The fraction of sp³-hybridized carbons (Fsp3) is 0.500. The van der Waals surface area contributed by atoms with Crippen LogP contribution in [0.3, 0.4) is 0 Å². The van der Waals surface area contributed by atoms with Gasteiger partial charge in [0.1, 0.15) is 0 Å². The van der Waals surface area contributed by atoms with Gasteiger partial charge in [0.15, 0.2) is 5.82 Å². The minimum Gasteiger partial charge on any atom is -0.481 e. The summed E-state index contributed by atoms with van der Waals surface area (Å²) < 4.78 is 1.70. The molecule has 0 spiro atoms. The molecule has 0 saturated carbocycles. The van der Waals surface area contributed by atoms with Gasteiger partial charge in [-0.3, -0.25) is 4.79 Å². The molecule has 1 aromatic carbocycles. The number of amides is 2. The predicted molar refractivity (Wildman–Crippen MR) is 98.9 cm³/mol. The molecule has 2 heterocycles. The van der Waals surface area contributed by atoms with E-state index >= 15 is 0 Å². The van der Waals surface area contributed by atoms with E-state index in [-0.39, 0.29) is 18.5 Å². The number of carbonyl (C=O) groups excluding carboxylic acids is 1. The number of likely N-dealkylation sites (tertiary alicyclic amines) is 1. The van der Waals surface area contributed by atoms with E-state index in [2.05, 4.69) is 20.8 Å². The van der Waals surface area contributed by atoms with Gasteiger partial charge in [0, 0.05) is 24.7 Å². The Morgan fingerprint density at radius 1 is 1.33 bits per heavy atom. The average molecular weight is 372 g/mol. The maximum Gasteiger partial charge on any atom is 0.321 e. The van der Waals surface area contributed by atoms with Crippen molar-refractivity contribution < 1.29 is 14.7 Å². The quantitative estimate of drug-likeness (QED) is 0.852. The molecule has 0 radical (unpaired) electrons. The third-order valence-corrected chi connectivity index (χ3v) is 4.96. The second kappa shape index (κ2) is 6.98. The maximum atomic E-state index is 12.5. The molecule has 1 saturated heterocycles. The molecule has 1 fully saturated rings. The number of aromatic nitrogens is 4. The molecule has 1 unspecified atom stereocenters. The molecule has 144 valence electrons. The van der Waals surface area contributed by atoms with E-state index in [0.29, 0.717) is 18.7 Å². The van der Waals surface area contributed by atoms with Crippen molar-refractivity contribution in [2.45, 2.75) is 40.0 Å². The molecule has 0 bridgehead atoms. The third-order valence-electron chi connectivity index (χ3n) is 4.96. The van der Waals surface area contributed by atoms with Gasteiger partial charge in [0.25, 0.3) is 0 Å². The van der Waals surface area contributed by atoms with E-state index < -0.39 is 11.4 Å². The maximum absolute atomic E-state index is 12.5. The van der Waals surface area contributed by atoms with Gasteiger partial charge in [-0.05, 0) is 54.5 Å². The van der Waals surface area contributed by atoms with E-state index in [1.807, 2.05) is 32.9 Å². The van der Waals surface area contributed by atoms with Crippen LogP contribution < -0.4 is 5.32 Å². The Morgan fingerprint density at radius 2 is 2.07 bits per heavy atom. The molecule has 1 aromatic heterocycles. The topological polar surface area (TPSA) is 113 Å². The number of carboxylic acid groups (broad SMARTS) is 1. The number of rotatable bonds is 4. The summed E-state index contributed by atoms with van der Waals surface area (Å²) in [7, 11) is 0. The van der Waals surface area contributed by atoms with Crippen LogP contribution in [0.25, 0.3) is 5.69 Å². The summed E-state index contributed by atoms with van der Waals surface area (Å²) in [6.45, 7) is 8.26. The van der Waals surface area contributed by atoms with Crippen molar-refractivity contribution in [3.8, 4) is 5.69 Å². The van der Waals surface area contributed by atoms with Crippen LogP contribution in [0.15, 0.2) is 18.2 Å². The molecule has 9 heteroatoms. The second-order valence-corrected chi connectivity index (χ2v) is 7.57. The van der Waals surface area contributed by atoms with Crippen LogP contribution in [0.1, 0.15) is 44.5 Å². The van der Waals surface area contributed by atoms with Gasteiger partial charge in [-0.2, -0.15) is 4.68 Å². The number of urea groups is 1. The van der Waals surface area contributed by atoms with E-state index in [0.717, 1.165) is 17.1 Å². The Bertz CT molecular complexity index is 878. The number of carboxylic acids is 1. The van der Waals surface area contributed by atoms with Gasteiger partial charge in [0.2, 0.25) is 0 Å². The summed E-state index contributed by atoms with van der Waals surface area (Å²) in [5, 5.41) is 24.0. The van der Waals surface area contributed by atoms with E-state index in [9.17, 15) is 14.7 Å². The Balaban J connectivity index is 1.74. The average Bonchev–Trinajstić information content (AvgIpc) is 3.22. The highest BCUT2D eigenvalue weighted by Crippen LogP contribution is 2.30. The molecule has 2 amide bonds. The highest BCUT2D eigenvalue weighted by Gasteiger charge is 2.42. The molecular formula is C18H24N6O3. The Hall–Kier alpha value is -2.97. The lowest BCUT2D eigenvalue weighted by molar-refractivity contribution is -0.146. The molecule has 1 aliphatic rings. The summed E-state index contributed by atoms with van der Waals surface area (Å²) in [4.78, 5) is 25.4. The van der Waals surface area contributed by atoms with Crippen LogP contribution in [-0.4, -0.2) is 55.3 Å². The summed E-state index contributed by atoms with van der Waals surface area (Å²) in [6, 6.07) is 5.21. The number of tetrazole rings is 1. The fourth-order valence-corrected chi connectivity index (χ4v) is 3.21. The van der Waals surface area contributed by atoms with Crippen molar-refractivity contribution in [2.24, 2.45) is 5.41 Å². The number of hydrogen-bond acceptors (Lipinski definition) is 5. The molecular weight excluding hydrogens is 348 g/mol. The molecule has 2 N–H and O–H groups in total. The van der Waals surface area contributed by atoms with Gasteiger partial charge in [-0.1, -0.05) is 13.8 Å². The zero-order chi connectivity index (χ0) is 19.8. The van der Waals surface area contributed by atoms with Crippen LogP contribution in [-0.2, 0) is 4.79 Å². The Labute approximate surface area is 157 Å². The number of aryl methyl sites for hydroxylation is 1. The van der Waals surface area contributed by atoms with Crippen molar-refractivity contribution in [1.82, 2.24) is 25.1 Å². The summed E-state index contributed by atoms with van der Waals surface area (Å²) in [6.07, 6.45) is 0.449. The molecule has 1 aliphatic heterocycles. The highest BCUT2D eigenvalue weighted by molar-refractivity contribution is 5.90. The molecule has 27 heavy (non-hydrogen) atoms. The van der Waals surface area contributed by atoms with E-state index in [1.54, 1.807) is 17.7 Å². The molecule has 1 atom stereocenters. The van der Waals surface area contributed by atoms with Gasteiger partial charge >= 0.3 is 12.0 Å². The van der Waals surface area contributed by atoms with Crippen LogP contribution in [0.4, 0.5) is 10.5 Å². The van der Waals surface area contributed by atoms with Crippen molar-refractivity contribution in [3.05, 3.63) is 29.6 Å². The summed E-state index contributed by atoms with van der Waals surface area (Å²) in [5.41, 5.74) is 1.52. The molecule has 2 aromatic rings. The van der Waals surface area contributed by atoms with Crippen LogP contribution in [0.2, 0.25) is 0 Å². The van der Waals surface area contributed by atoms with Gasteiger partial charge in [0.05, 0.1) is 11.1 Å². The fourth-order valence-electron chi connectivity index (χ4n) is 3.21. The number of benzene rings is 1. The number of aliphatic carboxylic acids is 1. The zero-order valence-corrected chi connectivity index (χ0v) is 15.9. The monoisotopic (exact) mass is 372 g/mol. The first-order valence-electron chi connectivity index (χ1n) is 8.90. The van der Waals surface area contributed by atoms with Crippen molar-refractivity contribution >= 4 is 17.7 Å². The first kappa shape index (κ1) is 18.8. The molecule has 9 nitrogen and oxygen atoms in total. The first-order chi connectivity index (χ1) is 12.7. The summed E-state index contributed by atoms with van der Waals surface area (Å²) in [5.74, 6) is 0.0674. The summed E-state index contributed by atoms with van der Waals surface area (Å²) >= 11 is 0. The van der Waals surface area contributed by atoms with Crippen molar-refractivity contribution in [3.63, 3.8) is 0 Å². The molecule has 3 rings (SSSR count). The highest BCUT2D eigenvalue weighted by atomic mass is 16.4. The lowest BCUT2D eigenvalue weighted by atomic mass is 9.90. The van der Waals surface area contributed by atoms with E-state index in [1.165, 1.54) is 4.90 Å². The molecule has 0 aliphatic carbocycles. The Morgan fingerprint density at radius 3 is 2.67 bits per heavy atom. The number of carbonyl (C=O) groups is 2. The minimum absolute atomic E-state index is 0.178. The smallest absolute Gasteiger partial charge is 0.321 e. The van der Waals surface area contributed by atoms with Crippen LogP contribution in [0, 0.1) is 12.3 Å². The first-order valence-corrected chi connectivity index (χ1v) is 8.90. The van der Waals surface area contributed by atoms with Gasteiger partial charge in [-0.15, -0.1) is 5.10 Å². The largest absolute Gasteiger partial charge is 0.481 e. The standard InChI is InChI=1S/C18H24N6O3/c1-11(2)15-20-21-22-24(15)14-6-5-13(9-12(14)3)19-17(27)23-8-7-18(4,10-23)16(25)26/h5-6,9,11H,7-8,10H2,1-4H3,(H,19,27)(H,25,26). The second-order valence-electron chi connectivity index (χ2n) is 7.57. The lowest BCUT2D eigenvalue weighted by Crippen LogP contribution is -2.37. The SMILES string of the molecule is Cc1cc(NC(=O)N2CCC(C)(C(=O)O)C2)ccc1-n1nnnc1C(C)C. The van der Waals surface area contributed by atoms with Gasteiger partial charge < -0.3 is 15.3 Å². The van der Waals surface area contributed by atoms with Crippen LogP contribution in [0.5, 0.6) is 0 Å². The van der Waals surface area contributed by atoms with E-state index in [4.69, 9.17) is 0 Å². The number of hydrogen-bond donors (Lipinski definition) is 2. The van der Waals surface area contributed by atoms with Crippen molar-refractivity contribution in [1.29, 1.82) is 0 Å². The van der Waals surface area contributed by atoms with Crippen LogP contribution >= 0.6 is 0 Å².